The van der Waals surface area contributed by atoms with Crippen molar-refractivity contribution in [1.82, 2.24) is 10.2 Å². The molecule has 0 unspecified atom stereocenters. The van der Waals surface area contributed by atoms with E-state index >= 15 is 0 Å². The van der Waals surface area contributed by atoms with Gasteiger partial charge < -0.3 is 35.0 Å². The third kappa shape index (κ3) is 9.56. The SMILES string of the molecule is CCCCCCCC(=O)N(C1CCCCCC1)[C@@H]1CC(C(=O)NCCO)=C[C@H](Oc2c(I)cc(CO)cc2OC)[C@H]1O. The maximum atomic E-state index is 13.9. The number of aliphatic hydroxyl groups is 3. The van der Waals surface area contributed by atoms with E-state index in [0.29, 0.717) is 32.6 Å². The van der Waals surface area contributed by atoms with Crippen molar-refractivity contribution in [1.29, 1.82) is 0 Å². The van der Waals surface area contributed by atoms with Gasteiger partial charge >= 0.3 is 0 Å². The lowest BCUT2D eigenvalue weighted by molar-refractivity contribution is -0.142. The van der Waals surface area contributed by atoms with Crippen LogP contribution in [0.25, 0.3) is 0 Å². The van der Waals surface area contributed by atoms with E-state index in [9.17, 15) is 24.9 Å². The lowest BCUT2D eigenvalue weighted by atomic mass is 9.86. The number of methoxy groups -OCH3 is 1. The molecule has 10 heteroatoms. The maximum absolute atomic E-state index is 13.9. The highest BCUT2D eigenvalue weighted by Crippen LogP contribution is 2.38. The highest BCUT2D eigenvalue weighted by Gasteiger charge is 2.43. The molecule has 9 nitrogen and oxygen atoms in total. The first-order chi connectivity index (χ1) is 20.3. The third-order valence-electron chi connectivity index (χ3n) is 8.30. The topological polar surface area (TPSA) is 129 Å². The summed E-state index contributed by atoms with van der Waals surface area (Å²) in [6.45, 7) is 1.92. The maximum Gasteiger partial charge on any atom is 0.247 e. The van der Waals surface area contributed by atoms with Gasteiger partial charge in [-0.2, -0.15) is 0 Å². The average molecular weight is 701 g/mol. The van der Waals surface area contributed by atoms with Crippen molar-refractivity contribution in [3.63, 3.8) is 0 Å². The van der Waals surface area contributed by atoms with Crippen LogP contribution in [0.1, 0.15) is 96.0 Å². The number of carbonyl (C=O) groups excluding carboxylic acids is 2. The van der Waals surface area contributed by atoms with Crippen LogP contribution in [0.4, 0.5) is 0 Å². The molecule has 0 bridgehead atoms. The van der Waals surface area contributed by atoms with Gasteiger partial charge in [-0.15, -0.1) is 0 Å². The minimum atomic E-state index is -1.08. The summed E-state index contributed by atoms with van der Waals surface area (Å²) in [6, 6.07) is 2.82. The summed E-state index contributed by atoms with van der Waals surface area (Å²) >= 11 is 2.10. The number of unbranched alkanes of at least 4 members (excludes halogenated alkanes) is 4. The van der Waals surface area contributed by atoms with Gasteiger partial charge in [0.25, 0.3) is 0 Å². The molecule has 4 N–H and O–H groups in total. The monoisotopic (exact) mass is 700 g/mol. The fourth-order valence-electron chi connectivity index (χ4n) is 6.07. The van der Waals surface area contributed by atoms with Gasteiger partial charge in [-0.3, -0.25) is 9.59 Å². The number of nitrogens with one attached hydrogen (secondary N) is 1. The van der Waals surface area contributed by atoms with Crippen molar-refractivity contribution in [3.05, 3.63) is 32.9 Å². The Balaban J connectivity index is 1.97. The van der Waals surface area contributed by atoms with E-state index in [2.05, 4.69) is 34.8 Å². The number of amides is 2. The summed E-state index contributed by atoms with van der Waals surface area (Å²) in [5.41, 5.74) is 1.08. The van der Waals surface area contributed by atoms with Gasteiger partial charge in [-0.25, -0.2) is 0 Å². The fourth-order valence-corrected chi connectivity index (χ4v) is 6.86. The number of nitrogens with zero attached hydrogens (tertiary/aromatic N) is 1. The zero-order valence-electron chi connectivity index (χ0n) is 25.2. The molecule has 0 heterocycles. The van der Waals surface area contributed by atoms with E-state index in [-0.39, 0.29) is 44.0 Å². The van der Waals surface area contributed by atoms with E-state index in [1.165, 1.54) is 7.11 Å². The van der Waals surface area contributed by atoms with E-state index in [1.807, 2.05) is 4.90 Å². The van der Waals surface area contributed by atoms with Crippen LogP contribution < -0.4 is 14.8 Å². The fraction of sp³-hybridized carbons (Fsp3) is 0.688. The lowest BCUT2D eigenvalue weighted by Gasteiger charge is -2.44. The van der Waals surface area contributed by atoms with Gasteiger partial charge in [0.15, 0.2) is 11.5 Å². The highest BCUT2D eigenvalue weighted by molar-refractivity contribution is 14.1. The molecule has 0 spiro atoms. The number of aliphatic hydroxyl groups excluding tert-OH is 3. The number of carbonyl (C=O) groups is 2. The van der Waals surface area contributed by atoms with Crippen LogP contribution in [-0.2, 0) is 16.2 Å². The summed E-state index contributed by atoms with van der Waals surface area (Å²) in [7, 11) is 1.51. The Hall–Kier alpha value is -1.89. The molecule has 2 aliphatic rings. The lowest BCUT2D eigenvalue weighted by Crippen LogP contribution is -2.58. The Morgan fingerprint density at radius 1 is 1.07 bits per heavy atom. The van der Waals surface area contributed by atoms with E-state index in [0.717, 1.165) is 70.6 Å². The molecule has 0 saturated heterocycles. The van der Waals surface area contributed by atoms with Gasteiger partial charge in [0.05, 0.1) is 29.9 Å². The molecule has 1 fully saturated rings. The molecule has 3 atom stereocenters. The van der Waals surface area contributed by atoms with Gasteiger partial charge in [0, 0.05) is 31.0 Å². The molecule has 0 aliphatic heterocycles. The Morgan fingerprint density at radius 3 is 2.43 bits per heavy atom. The van der Waals surface area contributed by atoms with Crippen LogP contribution in [0.5, 0.6) is 11.5 Å². The Bertz CT molecular complexity index is 1040. The first kappa shape index (κ1) is 34.6. The molecule has 2 aliphatic carbocycles. The van der Waals surface area contributed by atoms with Crippen LogP contribution >= 0.6 is 22.6 Å². The van der Waals surface area contributed by atoms with Crippen molar-refractivity contribution in [3.8, 4) is 11.5 Å². The van der Waals surface area contributed by atoms with Gasteiger partial charge in [-0.1, -0.05) is 58.3 Å². The molecule has 0 aromatic heterocycles. The second-order valence-electron chi connectivity index (χ2n) is 11.4. The molecule has 1 aromatic carbocycles. The first-order valence-corrected chi connectivity index (χ1v) is 16.6. The highest BCUT2D eigenvalue weighted by atomic mass is 127. The zero-order chi connectivity index (χ0) is 30.5. The second-order valence-corrected chi connectivity index (χ2v) is 12.6. The molecule has 0 radical (unpaired) electrons. The Kier molecular flexibility index (Phi) is 14.9. The zero-order valence-corrected chi connectivity index (χ0v) is 27.3. The average Bonchev–Trinajstić information content (AvgIpc) is 3.27. The van der Waals surface area contributed by atoms with Gasteiger partial charge in [0.1, 0.15) is 12.2 Å². The molecular weight excluding hydrogens is 651 g/mol. The van der Waals surface area contributed by atoms with Crippen LogP contribution in [-0.4, -0.2) is 76.6 Å². The Morgan fingerprint density at radius 2 is 1.79 bits per heavy atom. The summed E-state index contributed by atoms with van der Waals surface area (Å²) < 4.78 is 12.6. The molecule has 3 rings (SSSR count). The molecule has 2 amide bonds. The molecule has 1 saturated carbocycles. The predicted octanol–water partition coefficient (Wildman–Crippen LogP) is 4.62. The van der Waals surface area contributed by atoms with Crippen LogP contribution in [0.2, 0.25) is 0 Å². The largest absolute Gasteiger partial charge is 0.493 e. The predicted molar refractivity (Wildman–Crippen MR) is 170 cm³/mol. The third-order valence-corrected chi connectivity index (χ3v) is 9.10. The Labute approximate surface area is 264 Å². The molecule has 236 valence electrons. The summed E-state index contributed by atoms with van der Waals surface area (Å²) in [5, 5.41) is 33.5. The van der Waals surface area contributed by atoms with Crippen LogP contribution in [0, 0.1) is 3.57 Å². The minimum absolute atomic E-state index is 0.00527. The number of benzene rings is 1. The minimum Gasteiger partial charge on any atom is -0.493 e. The molecule has 1 aromatic rings. The summed E-state index contributed by atoms with van der Waals surface area (Å²) in [4.78, 5) is 29.0. The number of halogens is 1. The molecule has 42 heavy (non-hydrogen) atoms. The normalized spacial score (nSPS) is 21.3. The van der Waals surface area contributed by atoms with Crippen molar-refractivity contribution in [2.45, 2.75) is 121 Å². The number of rotatable bonds is 15. The van der Waals surface area contributed by atoms with Crippen molar-refractivity contribution in [2.24, 2.45) is 0 Å². The number of hydrogen-bond donors (Lipinski definition) is 4. The molecular formula is C32H49IN2O7. The van der Waals surface area contributed by atoms with Crippen molar-refractivity contribution in [2.75, 3.05) is 20.3 Å². The quantitative estimate of drug-likeness (QED) is 0.120. The van der Waals surface area contributed by atoms with Gasteiger partial charge in [0.2, 0.25) is 11.8 Å². The number of ether oxygens (including phenoxy) is 2. The van der Waals surface area contributed by atoms with Crippen molar-refractivity contribution < 1.29 is 34.4 Å². The van der Waals surface area contributed by atoms with E-state index in [4.69, 9.17) is 9.47 Å². The van der Waals surface area contributed by atoms with E-state index < -0.39 is 18.2 Å². The standard InChI is InChI=1S/C32H49IN2O7/c1-3-4-5-6-11-14-29(38)35(24-12-9-7-8-10-13-24)26-19-23(32(40)34-15-16-36)20-27(30(26)39)42-31-25(33)17-22(21-37)18-28(31)41-2/h17-18,20,24,26-27,30,36-37,39H,3-16,19,21H2,1-2H3,(H,34,40)/t26-,27+,30+/m1/s1. The van der Waals surface area contributed by atoms with Crippen molar-refractivity contribution >= 4 is 34.4 Å². The van der Waals surface area contributed by atoms with E-state index in [1.54, 1.807) is 18.2 Å². The van der Waals surface area contributed by atoms with Crippen LogP contribution in [0.15, 0.2) is 23.8 Å². The smallest absolute Gasteiger partial charge is 0.247 e. The second kappa shape index (κ2) is 18.0. The number of hydrogen-bond acceptors (Lipinski definition) is 7. The first-order valence-electron chi connectivity index (χ1n) is 15.6. The van der Waals surface area contributed by atoms with Crippen LogP contribution in [0.3, 0.4) is 0 Å². The summed E-state index contributed by atoms with van der Waals surface area (Å²) in [6.07, 6.45) is 11.5. The van der Waals surface area contributed by atoms with Gasteiger partial charge in [-0.05, 0) is 65.6 Å². The summed E-state index contributed by atoms with van der Waals surface area (Å²) in [5.74, 6) is 0.482.